The summed E-state index contributed by atoms with van der Waals surface area (Å²) in [6.45, 7) is 3.06. The molecule has 0 aromatic carbocycles. The molecule has 5 heteroatoms. The van der Waals surface area contributed by atoms with Gasteiger partial charge >= 0.3 is 0 Å². The zero-order chi connectivity index (χ0) is 13.8. The maximum Gasteiger partial charge on any atom is 0.127 e. The summed E-state index contributed by atoms with van der Waals surface area (Å²) in [5.41, 5.74) is 1.22. The molecule has 0 fully saturated rings. The van der Waals surface area contributed by atoms with Gasteiger partial charge in [0.1, 0.15) is 10.8 Å². The lowest BCUT2D eigenvalue weighted by atomic mass is 10.2. The quantitative estimate of drug-likeness (QED) is 0.840. The molecule has 0 aliphatic rings. The van der Waals surface area contributed by atoms with Gasteiger partial charge in [-0.2, -0.15) is 0 Å². The Kier molecular flexibility index (Phi) is 4.50. The Labute approximate surface area is 118 Å². The molecule has 0 saturated heterocycles. The first-order valence-corrected chi connectivity index (χ1v) is 7.18. The van der Waals surface area contributed by atoms with E-state index in [1.54, 1.807) is 11.3 Å². The first-order valence-electron chi connectivity index (χ1n) is 6.30. The van der Waals surface area contributed by atoms with Gasteiger partial charge in [-0.3, -0.25) is 4.90 Å². The number of hydrogen-bond donors (Lipinski definition) is 0. The van der Waals surface area contributed by atoms with Crippen molar-refractivity contribution in [3.8, 4) is 0 Å². The van der Waals surface area contributed by atoms with Crippen LogP contribution in [0.2, 0.25) is 0 Å². The number of nitrogens with zero attached hydrogens (tertiary/aromatic N) is 4. The average molecular weight is 276 g/mol. The van der Waals surface area contributed by atoms with Crippen molar-refractivity contribution in [2.24, 2.45) is 0 Å². The van der Waals surface area contributed by atoms with Crippen LogP contribution in [0.25, 0.3) is 0 Å². The number of aromatic nitrogens is 2. The molecule has 2 aromatic rings. The van der Waals surface area contributed by atoms with Crippen molar-refractivity contribution >= 4 is 17.2 Å². The zero-order valence-corrected chi connectivity index (χ0v) is 12.7. The third-order valence-corrected chi connectivity index (χ3v) is 4.12. The van der Waals surface area contributed by atoms with Crippen molar-refractivity contribution in [3.63, 3.8) is 0 Å². The van der Waals surface area contributed by atoms with Gasteiger partial charge in [0, 0.05) is 38.4 Å². The monoisotopic (exact) mass is 276 g/mol. The van der Waals surface area contributed by atoms with E-state index in [4.69, 9.17) is 0 Å². The van der Waals surface area contributed by atoms with Gasteiger partial charge in [-0.05, 0) is 25.6 Å². The van der Waals surface area contributed by atoms with Gasteiger partial charge in [0.05, 0.1) is 6.04 Å². The second-order valence-electron chi connectivity index (χ2n) is 4.88. The number of thiazole rings is 1. The Bertz CT molecular complexity index is 493. The topological polar surface area (TPSA) is 32.3 Å². The normalized spacial score (nSPS) is 12.7. The SMILES string of the molecule is CC(c1nccs1)N(C)Cc1ccc(N(C)C)nc1. The molecule has 19 heavy (non-hydrogen) atoms. The molecule has 0 spiro atoms. The maximum atomic E-state index is 4.44. The summed E-state index contributed by atoms with van der Waals surface area (Å²) in [6, 6.07) is 4.51. The molecule has 0 aliphatic carbocycles. The van der Waals surface area contributed by atoms with Gasteiger partial charge in [-0.1, -0.05) is 6.07 Å². The molecule has 2 rings (SSSR count). The minimum absolute atomic E-state index is 0.327. The van der Waals surface area contributed by atoms with E-state index in [1.165, 1.54) is 5.56 Å². The Morgan fingerprint density at radius 3 is 2.53 bits per heavy atom. The standard InChI is InChI=1S/C14H20N4S/c1-11(14-15-7-8-19-14)18(4)10-12-5-6-13(16-9-12)17(2)3/h5-9,11H,10H2,1-4H3. The lowest BCUT2D eigenvalue weighted by molar-refractivity contribution is 0.252. The Hall–Kier alpha value is -1.46. The molecule has 4 nitrogen and oxygen atoms in total. The van der Waals surface area contributed by atoms with Crippen LogP contribution in [0, 0.1) is 0 Å². The van der Waals surface area contributed by atoms with Crippen LogP contribution in [0.3, 0.4) is 0 Å². The molecule has 2 aromatic heterocycles. The van der Waals surface area contributed by atoms with E-state index >= 15 is 0 Å². The Balaban J connectivity index is 2.00. The van der Waals surface area contributed by atoms with E-state index in [0.717, 1.165) is 17.4 Å². The maximum absolute atomic E-state index is 4.44. The molecule has 2 heterocycles. The number of hydrogen-bond acceptors (Lipinski definition) is 5. The number of anilines is 1. The predicted molar refractivity (Wildman–Crippen MR) is 80.6 cm³/mol. The van der Waals surface area contributed by atoms with Crippen LogP contribution in [-0.2, 0) is 6.54 Å². The second-order valence-corrected chi connectivity index (χ2v) is 5.81. The highest BCUT2D eigenvalue weighted by Crippen LogP contribution is 2.22. The lowest BCUT2D eigenvalue weighted by Gasteiger charge is -2.23. The van der Waals surface area contributed by atoms with Crippen molar-refractivity contribution in [1.29, 1.82) is 0 Å². The third kappa shape index (κ3) is 3.52. The molecular formula is C14H20N4S. The minimum atomic E-state index is 0.327. The molecule has 0 N–H and O–H groups in total. The van der Waals surface area contributed by atoms with Crippen LogP contribution in [0.5, 0.6) is 0 Å². The van der Waals surface area contributed by atoms with E-state index in [2.05, 4.69) is 41.0 Å². The van der Waals surface area contributed by atoms with Crippen molar-refractivity contribution in [2.45, 2.75) is 19.5 Å². The molecule has 1 atom stereocenters. The smallest absolute Gasteiger partial charge is 0.127 e. The summed E-state index contributed by atoms with van der Waals surface area (Å²) >= 11 is 1.70. The van der Waals surface area contributed by atoms with Gasteiger partial charge in [0.25, 0.3) is 0 Å². The fraction of sp³-hybridized carbons (Fsp3) is 0.429. The van der Waals surface area contributed by atoms with Crippen molar-refractivity contribution in [3.05, 3.63) is 40.5 Å². The molecular weight excluding hydrogens is 256 g/mol. The number of pyridine rings is 1. The molecule has 102 valence electrons. The summed E-state index contributed by atoms with van der Waals surface area (Å²) in [5, 5.41) is 3.17. The van der Waals surface area contributed by atoms with Crippen molar-refractivity contribution < 1.29 is 0 Å². The van der Waals surface area contributed by atoms with E-state index in [-0.39, 0.29) is 0 Å². The predicted octanol–water partition coefficient (Wildman–Crippen LogP) is 2.80. The Morgan fingerprint density at radius 2 is 2.00 bits per heavy atom. The zero-order valence-electron chi connectivity index (χ0n) is 11.9. The van der Waals surface area contributed by atoms with E-state index in [1.807, 2.05) is 36.8 Å². The second kappa shape index (κ2) is 6.12. The van der Waals surface area contributed by atoms with Gasteiger partial charge in [0.2, 0.25) is 0 Å². The highest BCUT2D eigenvalue weighted by atomic mass is 32.1. The first-order chi connectivity index (χ1) is 9.08. The molecule has 0 amide bonds. The largest absolute Gasteiger partial charge is 0.363 e. The first kappa shape index (κ1) is 14.0. The highest BCUT2D eigenvalue weighted by Gasteiger charge is 2.14. The lowest BCUT2D eigenvalue weighted by Crippen LogP contribution is -2.22. The summed E-state index contributed by atoms with van der Waals surface area (Å²) in [7, 11) is 6.11. The third-order valence-electron chi connectivity index (χ3n) is 3.17. The van der Waals surface area contributed by atoms with Gasteiger partial charge in [0.15, 0.2) is 0 Å². The van der Waals surface area contributed by atoms with Crippen LogP contribution in [0.4, 0.5) is 5.82 Å². The van der Waals surface area contributed by atoms with E-state index in [0.29, 0.717) is 6.04 Å². The molecule has 0 saturated carbocycles. The van der Waals surface area contributed by atoms with Gasteiger partial charge in [-0.15, -0.1) is 11.3 Å². The number of rotatable bonds is 5. The summed E-state index contributed by atoms with van der Waals surface area (Å²) in [6.07, 6.45) is 3.80. The van der Waals surface area contributed by atoms with E-state index < -0.39 is 0 Å². The van der Waals surface area contributed by atoms with Crippen LogP contribution in [-0.4, -0.2) is 36.0 Å². The molecule has 0 radical (unpaired) electrons. The summed E-state index contributed by atoms with van der Waals surface area (Å²) < 4.78 is 0. The van der Waals surface area contributed by atoms with Crippen molar-refractivity contribution in [1.82, 2.24) is 14.9 Å². The average Bonchev–Trinajstić information content (AvgIpc) is 2.92. The van der Waals surface area contributed by atoms with E-state index in [9.17, 15) is 0 Å². The Morgan fingerprint density at radius 1 is 1.21 bits per heavy atom. The van der Waals surface area contributed by atoms with Crippen LogP contribution < -0.4 is 4.90 Å². The van der Waals surface area contributed by atoms with Crippen LogP contribution in [0.1, 0.15) is 23.5 Å². The minimum Gasteiger partial charge on any atom is -0.363 e. The molecule has 0 bridgehead atoms. The van der Waals surface area contributed by atoms with Gasteiger partial charge < -0.3 is 4.90 Å². The van der Waals surface area contributed by atoms with Crippen LogP contribution >= 0.6 is 11.3 Å². The fourth-order valence-corrected chi connectivity index (χ4v) is 2.59. The summed E-state index contributed by atoms with van der Waals surface area (Å²) in [4.78, 5) is 13.1. The molecule has 1 unspecified atom stereocenters. The van der Waals surface area contributed by atoms with Crippen LogP contribution in [0.15, 0.2) is 29.9 Å². The highest BCUT2D eigenvalue weighted by molar-refractivity contribution is 7.09. The molecule has 0 aliphatic heterocycles. The van der Waals surface area contributed by atoms with Gasteiger partial charge in [-0.25, -0.2) is 9.97 Å². The fourth-order valence-electron chi connectivity index (χ4n) is 1.83. The summed E-state index contributed by atoms with van der Waals surface area (Å²) in [5.74, 6) is 0.986. The van der Waals surface area contributed by atoms with Crippen molar-refractivity contribution in [2.75, 3.05) is 26.0 Å².